The minimum absolute atomic E-state index is 0.0386. The van der Waals surface area contributed by atoms with Crippen LogP contribution in [-0.2, 0) is 28.9 Å². The molecule has 1 N–H and O–H groups in total. The molecule has 4 aromatic rings. The van der Waals surface area contributed by atoms with Crippen molar-refractivity contribution >= 4 is 61.5 Å². The summed E-state index contributed by atoms with van der Waals surface area (Å²) in [6, 6.07) is 5.43. The van der Waals surface area contributed by atoms with Crippen LogP contribution >= 0.6 is 34.4 Å². The smallest absolute Gasteiger partial charge is 0.340 e. The number of aryl methyl sites for hydroxylation is 3. The van der Waals surface area contributed by atoms with Crippen molar-refractivity contribution in [2.24, 2.45) is 0 Å². The van der Waals surface area contributed by atoms with Gasteiger partial charge in [0.25, 0.3) is 5.56 Å². The zero-order chi connectivity index (χ0) is 25.2. The number of esters is 1. The third kappa shape index (κ3) is 4.95. The fourth-order valence-electron chi connectivity index (χ4n) is 4.30. The number of nitrogens with one attached hydrogen (secondary N) is 1. The number of carbonyl (C=O) groups is 2. The number of thioether (sulfide) groups is 1. The van der Waals surface area contributed by atoms with Crippen molar-refractivity contribution < 1.29 is 14.3 Å². The summed E-state index contributed by atoms with van der Waals surface area (Å²) in [5.41, 5.74) is 2.33. The number of aromatic nitrogens is 3. The second-order valence-electron chi connectivity index (χ2n) is 8.46. The van der Waals surface area contributed by atoms with Gasteiger partial charge in [-0.15, -0.1) is 22.7 Å². The molecule has 0 fully saturated rings. The van der Waals surface area contributed by atoms with Gasteiger partial charge in [0.2, 0.25) is 5.91 Å². The Morgan fingerprint density at radius 1 is 1.19 bits per heavy atom. The minimum atomic E-state index is -0.498. The first-order valence-corrected chi connectivity index (χ1v) is 14.1. The van der Waals surface area contributed by atoms with Crippen LogP contribution in [0.25, 0.3) is 10.2 Å². The molecule has 0 radical (unpaired) electrons. The van der Waals surface area contributed by atoms with Crippen molar-refractivity contribution in [2.45, 2.75) is 44.3 Å². The summed E-state index contributed by atoms with van der Waals surface area (Å²) in [5, 5.41) is 4.48. The van der Waals surface area contributed by atoms with Crippen LogP contribution in [0.4, 0.5) is 5.00 Å². The Kier molecular flexibility index (Phi) is 7.22. The van der Waals surface area contributed by atoms with Crippen LogP contribution in [0.15, 0.2) is 40.5 Å². The Balaban J connectivity index is 1.45. The molecule has 1 aliphatic rings. The zero-order valence-electron chi connectivity index (χ0n) is 19.8. The second-order valence-corrected chi connectivity index (χ2v) is 11.7. The van der Waals surface area contributed by atoms with Crippen molar-refractivity contribution in [2.75, 3.05) is 18.2 Å². The van der Waals surface area contributed by atoms with E-state index in [-0.39, 0.29) is 17.2 Å². The Bertz CT molecular complexity index is 1510. The molecule has 5 rings (SSSR count). The summed E-state index contributed by atoms with van der Waals surface area (Å²) in [7, 11) is 1.31. The summed E-state index contributed by atoms with van der Waals surface area (Å²) in [6.45, 7) is 2.20. The van der Waals surface area contributed by atoms with Crippen molar-refractivity contribution in [1.29, 1.82) is 0 Å². The SMILES string of the molecule is COC(=O)c1cc(C)sc1NC(=O)CSc1nc2sc3c(c2c(=O)n1Cc1ccncc1)CCCC3. The fraction of sp³-hybridized carbons (Fsp3) is 0.320. The predicted molar refractivity (Wildman–Crippen MR) is 144 cm³/mol. The number of fused-ring (bicyclic) bond motifs is 3. The molecule has 0 aromatic carbocycles. The largest absolute Gasteiger partial charge is 0.465 e. The highest BCUT2D eigenvalue weighted by molar-refractivity contribution is 7.99. The summed E-state index contributed by atoms with van der Waals surface area (Å²) in [5.74, 6) is -0.749. The number of thiophene rings is 2. The van der Waals surface area contributed by atoms with Crippen molar-refractivity contribution in [3.63, 3.8) is 0 Å². The molecule has 0 spiro atoms. The van der Waals surface area contributed by atoms with Crippen LogP contribution in [0.1, 0.15) is 44.1 Å². The molecule has 0 saturated carbocycles. The van der Waals surface area contributed by atoms with Gasteiger partial charge in [-0.25, -0.2) is 9.78 Å². The Morgan fingerprint density at radius 2 is 1.97 bits per heavy atom. The number of ether oxygens (including phenoxy) is 1. The van der Waals surface area contributed by atoms with Gasteiger partial charge in [-0.3, -0.25) is 19.1 Å². The maximum atomic E-state index is 13.7. The Hall–Kier alpha value is -3.02. The van der Waals surface area contributed by atoms with Gasteiger partial charge in [0.1, 0.15) is 9.83 Å². The van der Waals surface area contributed by atoms with E-state index < -0.39 is 5.97 Å². The maximum Gasteiger partial charge on any atom is 0.340 e. The lowest BCUT2D eigenvalue weighted by molar-refractivity contribution is -0.113. The number of anilines is 1. The molecule has 186 valence electrons. The lowest BCUT2D eigenvalue weighted by atomic mass is 9.97. The molecule has 0 bridgehead atoms. The molecule has 0 saturated heterocycles. The van der Waals surface area contributed by atoms with Crippen molar-refractivity contribution in [1.82, 2.24) is 14.5 Å². The van der Waals surface area contributed by atoms with Crippen molar-refractivity contribution in [3.8, 4) is 0 Å². The quantitative estimate of drug-likeness (QED) is 0.206. The van der Waals surface area contributed by atoms with Gasteiger partial charge < -0.3 is 10.1 Å². The average molecular weight is 541 g/mol. The second kappa shape index (κ2) is 10.5. The molecule has 36 heavy (non-hydrogen) atoms. The highest BCUT2D eigenvalue weighted by atomic mass is 32.2. The number of hydrogen-bond donors (Lipinski definition) is 1. The predicted octanol–water partition coefficient (Wildman–Crippen LogP) is 4.67. The van der Waals surface area contributed by atoms with Gasteiger partial charge in [-0.05, 0) is 61.9 Å². The average Bonchev–Trinajstić information content (AvgIpc) is 3.44. The first-order valence-electron chi connectivity index (χ1n) is 11.5. The Labute approximate surface area is 219 Å². The minimum Gasteiger partial charge on any atom is -0.465 e. The molecule has 0 unspecified atom stereocenters. The molecule has 8 nitrogen and oxygen atoms in total. The van der Waals surface area contributed by atoms with Gasteiger partial charge in [-0.2, -0.15) is 0 Å². The summed E-state index contributed by atoms with van der Waals surface area (Å²) < 4.78 is 6.48. The molecular weight excluding hydrogens is 517 g/mol. The van der Waals surface area contributed by atoms with Gasteiger partial charge in [0, 0.05) is 22.1 Å². The highest BCUT2D eigenvalue weighted by Crippen LogP contribution is 2.35. The molecule has 11 heteroatoms. The number of rotatable bonds is 7. The van der Waals surface area contributed by atoms with Crippen LogP contribution in [-0.4, -0.2) is 39.3 Å². The zero-order valence-corrected chi connectivity index (χ0v) is 22.3. The van der Waals surface area contributed by atoms with Crippen LogP contribution in [0.5, 0.6) is 0 Å². The normalized spacial score (nSPS) is 12.9. The molecule has 1 aliphatic carbocycles. The molecule has 1 amide bonds. The van der Waals surface area contributed by atoms with E-state index in [1.165, 1.54) is 35.1 Å². The maximum absolute atomic E-state index is 13.7. The lowest BCUT2D eigenvalue weighted by Crippen LogP contribution is -2.25. The third-order valence-electron chi connectivity index (χ3n) is 5.98. The van der Waals surface area contributed by atoms with Gasteiger partial charge in [-0.1, -0.05) is 11.8 Å². The van der Waals surface area contributed by atoms with E-state index in [0.717, 1.165) is 46.5 Å². The fourth-order valence-corrected chi connectivity index (χ4v) is 7.32. The van der Waals surface area contributed by atoms with E-state index >= 15 is 0 Å². The van der Waals surface area contributed by atoms with E-state index in [2.05, 4.69) is 10.3 Å². The topological polar surface area (TPSA) is 103 Å². The standard InChI is InChI=1S/C25H24N4O4S3/c1-14-11-17(24(32)33-2)21(35-14)27-19(30)13-34-25-28-22-20(16-5-3-4-6-18(16)36-22)23(31)29(25)12-15-7-9-26-10-8-15/h7-11H,3-6,12-13H2,1-2H3,(H,27,30). The van der Waals surface area contributed by atoms with Crippen LogP contribution < -0.4 is 10.9 Å². The van der Waals surface area contributed by atoms with Crippen LogP contribution in [0.2, 0.25) is 0 Å². The number of methoxy groups -OCH3 is 1. The number of amides is 1. The highest BCUT2D eigenvalue weighted by Gasteiger charge is 2.23. The summed E-state index contributed by atoms with van der Waals surface area (Å²) in [6.07, 6.45) is 7.48. The molecular formula is C25H24N4O4S3. The molecule has 0 aliphatic heterocycles. The van der Waals surface area contributed by atoms with E-state index in [4.69, 9.17) is 9.72 Å². The van der Waals surface area contributed by atoms with E-state index in [0.29, 0.717) is 27.7 Å². The summed E-state index contributed by atoms with van der Waals surface area (Å²) >= 11 is 4.12. The van der Waals surface area contributed by atoms with Gasteiger partial charge >= 0.3 is 5.97 Å². The van der Waals surface area contributed by atoms with Crippen LogP contribution in [0, 0.1) is 6.92 Å². The number of nitrogens with zero attached hydrogens (tertiary/aromatic N) is 3. The van der Waals surface area contributed by atoms with E-state index in [1.807, 2.05) is 19.1 Å². The van der Waals surface area contributed by atoms with Gasteiger partial charge in [0.15, 0.2) is 5.16 Å². The first kappa shape index (κ1) is 24.7. The number of pyridine rings is 1. The van der Waals surface area contributed by atoms with Crippen molar-refractivity contribution in [3.05, 3.63) is 67.4 Å². The molecule has 0 atom stereocenters. The monoisotopic (exact) mass is 540 g/mol. The van der Waals surface area contributed by atoms with Crippen LogP contribution in [0.3, 0.4) is 0 Å². The first-order chi connectivity index (χ1) is 17.4. The molecule has 4 heterocycles. The van der Waals surface area contributed by atoms with Gasteiger partial charge in [0.05, 0.1) is 30.4 Å². The Morgan fingerprint density at radius 3 is 2.75 bits per heavy atom. The van der Waals surface area contributed by atoms with E-state index in [9.17, 15) is 14.4 Å². The summed E-state index contributed by atoms with van der Waals surface area (Å²) in [4.78, 5) is 50.4. The van der Waals surface area contributed by atoms with E-state index in [1.54, 1.807) is 34.4 Å². The number of carbonyl (C=O) groups excluding carboxylic acids is 2. The molecule has 4 aromatic heterocycles. The number of hydrogen-bond acceptors (Lipinski definition) is 9. The third-order valence-corrected chi connectivity index (χ3v) is 9.10. The lowest BCUT2D eigenvalue weighted by Gasteiger charge is -2.13.